The summed E-state index contributed by atoms with van der Waals surface area (Å²) >= 11 is 0. The van der Waals surface area contributed by atoms with Gasteiger partial charge in [0.15, 0.2) is 5.69 Å². The summed E-state index contributed by atoms with van der Waals surface area (Å²) in [6, 6.07) is 6.69. The van der Waals surface area contributed by atoms with Gasteiger partial charge in [-0.25, -0.2) is 9.48 Å². The van der Waals surface area contributed by atoms with Crippen molar-refractivity contribution in [3.8, 4) is 0 Å². The summed E-state index contributed by atoms with van der Waals surface area (Å²) in [6.07, 6.45) is 3.96. The maximum atomic E-state index is 12.2. The molecule has 1 aromatic carbocycles. The number of carbonyl (C=O) groups excluding carboxylic acids is 1. The van der Waals surface area contributed by atoms with Gasteiger partial charge in [0.1, 0.15) is 5.82 Å². The summed E-state index contributed by atoms with van der Waals surface area (Å²) in [5, 5.41) is 23.8. The largest absolute Gasteiger partial charge is 0.478 e. The lowest BCUT2D eigenvalue weighted by Crippen LogP contribution is -2.20. The van der Waals surface area contributed by atoms with E-state index >= 15 is 0 Å². The van der Waals surface area contributed by atoms with E-state index in [1.807, 2.05) is 6.07 Å². The van der Waals surface area contributed by atoms with Crippen LogP contribution in [-0.2, 0) is 13.5 Å². The third-order valence-corrected chi connectivity index (χ3v) is 4.45. The van der Waals surface area contributed by atoms with Crippen LogP contribution in [0.4, 0.5) is 5.95 Å². The molecule has 10 heteroatoms. The normalized spacial score (nSPS) is 16.0. The molecule has 27 heavy (non-hydrogen) atoms. The van der Waals surface area contributed by atoms with E-state index in [0.29, 0.717) is 0 Å². The van der Waals surface area contributed by atoms with Gasteiger partial charge in [0, 0.05) is 13.5 Å². The molecule has 1 atom stereocenters. The van der Waals surface area contributed by atoms with Crippen LogP contribution in [0.25, 0.3) is 0 Å². The average Bonchev–Trinajstić information content (AvgIpc) is 3.27. The first-order valence-corrected chi connectivity index (χ1v) is 8.47. The average molecular weight is 367 g/mol. The van der Waals surface area contributed by atoms with Crippen LogP contribution >= 0.6 is 0 Å². The molecule has 1 amide bonds. The minimum atomic E-state index is -0.969. The predicted octanol–water partition coefficient (Wildman–Crippen LogP) is 1.28. The number of hydrogen-bond donors (Lipinski definition) is 2. The molecule has 1 aliphatic heterocycles. The smallest absolute Gasteiger partial charge is 0.335 e. The zero-order valence-electron chi connectivity index (χ0n) is 14.5. The van der Waals surface area contributed by atoms with Crippen molar-refractivity contribution in [2.45, 2.75) is 25.3 Å². The quantitative estimate of drug-likeness (QED) is 0.711. The number of amides is 1. The van der Waals surface area contributed by atoms with Crippen LogP contribution in [0, 0.1) is 0 Å². The number of aryl methyl sites for hydroxylation is 2. The van der Waals surface area contributed by atoms with Gasteiger partial charge in [-0.3, -0.25) is 14.8 Å². The minimum absolute atomic E-state index is 0.122. The van der Waals surface area contributed by atoms with Crippen LogP contribution in [-0.4, -0.2) is 46.7 Å². The van der Waals surface area contributed by atoms with Gasteiger partial charge >= 0.3 is 5.97 Å². The third kappa shape index (κ3) is 3.28. The fraction of sp³-hybridized carbons (Fsp3) is 0.294. The van der Waals surface area contributed by atoms with Gasteiger partial charge in [0.25, 0.3) is 5.91 Å². The van der Waals surface area contributed by atoms with E-state index in [4.69, 9.17) is 0 Å². The van der Waals surface area contributed by atoms with Crippen molar-refractivity contribution in [2.24, 2.45) is 7.05 Å². The van der Waals surface area contributed by atoms with E-state index in [2.05, 4.69) is 25.7 Å². The van der Waals surface area contributed by atoms with Crippen molar-refractivity contribution in [1.29, 1.82) is 0 Å². The molecule has 0 saturated carbocycles. The van der Waals surface area contributed by atoms with Crippen LogP contribution in [0.3, 0.4) is 0 Å². The van der Waals surface area contributed by atoms with Gasteiger partial charge < -0.3 is 5.11 Å². The molecule has 0 fully saturated rings. The molecular formula is C17H17N7O3. The molecule has 2 N–H and O–H groups in total. The Morgan fingerprint density at radius 1 is 1.33 bits per heavy atom. The monoisotopic (exact) mass is 367 g/mol. The lowest BCUT2D eigenvalue weighted by atomic mass is 9.96. The number of benzene rings is 1. The van der Waals surface area contributed by atoms with Gasteiger partial charge in [0.05, 0.1) is 17.8 Å². The van der Waals surface area contributed by atoms with Gasteiger partial charge in [-0.1, -0.05) is 17.3 Å². The number of carbonyl (C=O) groups is 2. The first kappa shape index (κ1) is 16.9. The Kier molecular flexibility index (Phi) is 4.15. The number of aromatic nitrogens is 6. The molecule has 10 nitrogen and oxygen atoms in total. The summed E-state index contributed by atoms with van der Waals surface area (Å²) in [7, 11) is 1.67. The molecule has 0 bridgehead atoms. The van der Waals surface area contributed by atoms with E-state index in [-0.39, 0.29) is 23.2 Å². The predicted molar refractivity (Wildman–Crippen MR) is 93.5 cm³/mol. The summed E-state index contributed by atoms with van der Waals surface area (Å²) in [6.45, 7) is 0. The first-order valence-electron chi connectivity index (χ1n) is 8.47. The Balaban J connectivity index is 1.61. The van der Waals surface area contributed by atoms with Crippen molar-refractivity contribution in [3.05, 3.63) is 53.1 Å². The van der Waals surface area contributed by atoms with Crippen molar-refractivity contribution in [3.63, 3.8) is 0 Å². The second kappa shape index (κ2) is 6.63. The van der Waals surface area contributed by atoms with Gasteiger partial charge in [0.2, 0.25) is 5.95 Å². The Hall–Kier alpha value is -3.56. The lowest BCUT2D eigenvalue weighted by Gasteiger charge is -2.23. The fourth-order valence-corrected chi connectivity index (χ4v) is 3.21. The molecular weight excluding hydrogens is 350 g/mol. The van der Waals surface area contributed by atoms with Crippen molar-refractivity contribution < 1.29 is 14.7 Å². The van der Waals surface area contributed by atoms with Gasteiger partial charge in [-0.2, -0.15) is 4.98 Å². The van der Waals surface area contributed by atoms with E-state index in [1.54, 1.807) is 29.9 Å². The first-order chi connectivity index (χ1) is 13.0. The Morgan fingerprint density at radius 3 is 2.93 bits per heavy atom. The van der Waals surface area contributed by atoms with Crippen LogP contribution in [0.5, 0.6) is 0 Å². The molecule has 3 heterocycles. The highest BCUT2D eigenvalue weighted by atomic mass is 16.4. The van der Waals surface area contributed by atoms with Crippen molar-refractivity contribution >= 4 is 17.8 Å². The van der Waals surface area contributed by atoms with Crippen molar-refractivity contribution in [1.82, 2.24) is 29.8 Å². The van der Waals surface area contributed by atoms with Crippen LogP contribution in [0.1, 0.15) is 51.1 Å². The number of carboxylic acids is 1. The molecule has 0 saturated heterocycles. The molecule has 0 spiro atoms. The molecule has 1 aliphatic rings. The zero-order valence-corrected chi connectivity index (χ0v) is 14.5. The standard InChI is InChI=1S/C17H17N7O3/c1-23-9-12(20-22-23)15(25)19-17-18-14-7-3-6-13(24(14)21-17)10-4-2-5-11(8-10)16(26)27/h2,4-5,8-9,13H,3,6-7H2,1H3,(H,26,27)(H,19,21,25). The summed E-state index contributed by atoms with van der Waals surface area (Å²) in [4.78, 5) is 27.9. The summed E-state index contributed by atoms with van der Waals surface area (Å²) in [5.74, 6) is -0.456. The molecule has 1 unspecified atom stereocenters. The maximum absolute atomic E-state index is 12.2. The molecule has 4 rings (SSSR count). The fourth-order valence-electron chi connectivity index (χ4n) is 3.21. The number of nitrogens with one attached hydrogen (secondary N) is 1. The number of hydrogen-bond acceptors (Lipinski definition) is 6. The van der Waals surface area contributed by atoms with E-state index in [1.165, 1.54) is 10.9 Å². The number of fused-ring (bicyclic) bond motifs is 1. The number of rotatable bonds is 4. The van der Waals surface area contributed by atoms with Crippen LogP contribution < -0.4 is 5.32 Å². The zero-order chi connectivity index (χ0) is 19.0. The molecule has 3 aromatic rings. The summed E-state index contributed by atoms with van der Waals surface area (Å²) in [5.41, 5.74) is 1.26. The number of anilines is 1. The summed E-state index contributed by atoms with van der Waals surface area (Å²) < 4.78 is 3.20. The lowest BCUT2D eigenvalue weighted by molar-refractivity contribution is 0.0696. The maximum Gasteiger partial charge on any atom is 0.335 e. The highest BCUT2D eigenvalue weighted by Gasteiger charge is 2.26. The topological polar surface area (TPSA) is 128 Å². The molecule has 2 aromatic heterocycles. The van der Waals surface area contributed by atoms with E-state index < -0.39 is 11.9 Å². The number of aromatic carboxylic acids is 1. The molecule has 138 valence electrons. The number of nitrogens with zero attached hydrogens (tertiary/aromatic N) is 6. The van der Waals surface area contributed by atoms with Gasteiger partial charge in [-0.05, 0) is 30.5 Å². The van der Waals surface area contributed by atoms with E-state index in [9.17, 15) is 14.7 Å². The van der Waals surface area contributed by atoms with Crippen LogP contribution in [0.15, 0.2) is 30.5 Å². The molecule has 0 radical (unpaired) electrons. The highest BCUT2D eigenvalue weighted by Crippen LogP contribution is 2.30. The van der Waals surface area contributed by atoms with E-state index in [0.717, 1.165) is 30.7 Å². The number of carboxylic acid groups (broad SMARTS) is 1. The van der Waals surface area contributed by atoms with Gasteiger partial charge in [-0.15, -0.1) is 10.2 Å². The highest BCUT2D eigenvalue weighted by molar-refractivity contribution is 6.01. The van der Waals surface area contributed by atoms with Crippen molar-refractivity contribution in [2.75, 3.05) is 5.32 Å². The Labute approximate surface area is 153 Å². The SMILES string of the molecule is Cn1cc(C(=O)Nc2nc3n(n2)C(c2cccc(C(=O)O)c2)CCC3)nn1. The third-order valence-electron chi connectivity index (χ3n) is 4.45. The Bertz CT molecular complexity index is 1020. The van der Waals surface area contributed by atoms with Crippen LogP contribution in [0.2, 0.25) is 0 Å². The molecule has 0 aliphatic carbocycles. The minimum Gasteiger partial charge on any atom is -0.478 e. The second-order valence-electron chi connectivity index (χ2n) is 6.37. The Morgan fingerprint density at radius 2 is 2.19 bits per heavy atom. The second-order valence-corrected chi connectivity index (χ2v) is 6.37.